The van der Waals surface area contributed by atoms with E-state index in [1.807, 2.05) is 59.4 Å². The van der Waals surface area contributed by atoms with E-state index in [2.05, 4.69) is 45.0 Å². The molecular formula is C26H21BN6S2. The van der Waals surface area contributed by atoms with Gasteiger partial charge < -0.3 is 15.6 Å². The number of amidine groups is 2. The first-order chi connectivity index (χ1) is 17.1. The summed E-state index contributed by atoms with van der Waals surface area (Å²) in [6, 6.07) is 20.1. The molecule has 0 spiro atoms. The van der Waals surface area contributed by atoms with E-state index < -0.39 is 0 Å². The fourth-order valence-electron chi connectivity index (χ4n) is 4.38. The van der Waals surface area contributed by atoms with Crippen molar-refractivity contribution in [2.75, 3.05) is 10.6 Å². The van der Waals surface area contributed by atoms with Gasteiger partial charge in [-0.2, -0.15) is 0 Å². The van der Waals surface area contributed by atoms with Crippen molar-refractivity contribution < 1.29 is 0 Å². The molecule has 3 aromatic heterocycles. The van der Waals surface area contributed by atoms with Gasteiger partial charge in [0.1, 0.15) is 11.7 Å². The predicted octanol–water partition coefficient (Wildman–Crippen LogP) is 5.68. The molecule has 4 heterocycles. The molecule has 0 fully saturated rings. The Kier molecular flexibility index (Phi) is 5.56. The number of H-pyrrole nitrogens is 1. The van der Waals surface area contributed by atoms with Crippen LogP contribution in [0, 0.1) is 10.8 Å². The average molecular weight is 492 g/mol. The Balaban J connectivity index is 1.22. The monoisotopic (exact) mass is 492 g/mol. The second-order valence-electron chi connectivity index (χ2n) is 8.39. The summed E-state index contributed by atoms with van der Waals surface area (Å²) in [5.41, 5.74) is 6.22. The molecule has 2 aromatic carbocycles. The quantitative estimate of drug-likeness (QED) is 0.120. The summed E-state index contributed by atoms with van der Waals surface area (Å²) in [6.07, 6.45) is 4.09. The molecule has 1 unspecified atom stereocenters. The summed E-state index contributed by atoms with van der Waals surface area (Å²) in [6.45, 7) is 0. The molecule has 5 N–H and O–H groups in total. The number of hydrogen-bond acceptors (Lipinski definition) is 5. The molecule has 5 aromatic rings. The minimum atomic E-state index is 0.155. The van der Waals surface area contributed by atoms with Crippen LogP contribution in [-0.4, -0.2) is 30.1 Å². The molecule has 1 atom stereocenters. The number of hydrogen-bond donors (Lipinski definition) is 5. The maximum absolute atomic E-state index is 8.34. The maximum atomic E-state index is 8.34. The third-order valence-corrected chi connectivity index (χ3v) is 7.88. The van der Waals surface area contributed by atoms with Crippen LogP contribution in [0.2, 0.25) is 0 Å². The van der Waals surface area contributed by atoms with Crippen LogP contribution in [0.5, 0.6) is 0 Å². The number of nitrogens with one attached hydrogen (secondary N) is 5. The second kappa shape index (κ2) is 9.01. The number of thiophene rings is 2. The van der Waals surface area contributed by atoms with E-state index in [1.165, 1.54) is 5.46 Å². The molecule has 1 aliphatic heterocycles. The van der Waals surface area contributed by atoms with Crippen LogP contribution >= 0.6 is 22.7 Å². The summed E-state index contributed by atoms with van der Waals surface area (Å²) in [5, 5.41) is 28.2. The Morgan fingerprint density at radius 2 is 1.57 bits per heavy atom. The first kappa shape index (κ1) is 21.6. The van der Waals surface area contributed by atoms with Crippen molar-refractivity contribution in [2.24, 2.45) is 4.99 Å². The van der Waals surface area contributed by atoms with E-state index in [4.69, 9.17) is 10.8 Å². The lowest BCUT2D eigenvalue weighted by atomic mass is 9.57. The minimum Gasteiger partial charge on any atom is -0.362 e. The smallest absolute Gasteiger partial charge is 0.175 e. The standard InChI is InChI=1S/C26H21BN6S2/c28-25(23-3-1-9-34-23)32-15-5-7-21-17(11-15)19(13-30-21)27-20-14-31-22-8-6-16(12-18(20)22)33-26(29)24-4-2-10-35-24/h1-14,19,27,31H,(H2,28,32)(H2,29,33). The van der Waals surface area contributed by atoms with Gasteiger partial charge in [0.25, 0.3) is 0 Å². The van der Waals surface area contributed by atoms with E-state index >= 15 is 0 Å². The van der Waals surface area contributed by atoms with Gasteiger partial charge in [-0.25, -0.2) is 0 Å². The predicted molar refractivity (Wildman–Crippen MR) is 152 cm³/mol. The number of aromatic nitrogens is 1. The molecule has 35 heavy (non-hydrogen) atoms. The van der Waals surface area contributed by atoms with Crippen molar-refractivity contribution in [2.45, 2.75) is 5.82 Å². The third kappa shape index (κ3) is 4.31. The van der Waals surface area contributed by atoms with Crippen LogP contribution in [-0.2, 0) is 0 Å². The summed E-state index contributed by atoms with van der Waals surface area (Å²) in [7, 11) is 0.814. The van der Waals surface area contributed by atoms with Crippen LogP contribution in [0.25, 0.3) is 10.9 Å². The second-order valence-corrected chi connectivity index (χ2v) is 10.3. The molecule has 0 amide bonds. The van der Waals surface area contributed by atoms with Crippen molar-refractivity contribution in [3.05, 3.63) is 92.9 Å². The Hall–Kier alpha value is -3.95. The number of benzene rings is 2. The zero-order chi connectivity index (χ0) is 23.8. The first-order valence-electron chi connectivity index (χ1n) is 11.2. The lowest BCUT2D eigenvalue weighted by Gasteiger charge is -2.12. The first-order valence-corrected chi connectivity index (χ1v) is 13.0. The fourth-order valence-corrected chi connectivity index (χ4v) is 5.64. The Bertz CT molecular complexity index is 1570. The van der Waals surface area contributed by atoms with Crippen molar-refractivity contribution in [1.29, 1.82) is 10.8 Å². The van der Waals surface area contributed by atoms with Crippen LogP contribution in [0.1, 0.15) is 21.1 Å². The van der Waals surface area contributed by atoms with Crippen LogP contribution in [0.3, 0.4) is 0 Å². The zero-order valence-corrected chi connectivity index (χ0v) is 20.3. The van der Waals surface area contributed by atoms with E-state index in [0.29, 0.717) is 11.7 Å². The highest BCUT2D eigenvalue weighted by Crippen LogP contribution is 2.34. The Labute approximate surface area is 211 Å². The van der Waals surface area contributed by atoms with Gasteiger partial charge in [0.2, 0.25) is 0 Å². The van der Waals surface area contributed by atoms with Crippen molar-refractivity contribution in [3.63, 3.8) is 0 Å². The summed E-state index contributed by atoms with van der Waals surface area (Å²) < 4.78 is 0. The molecule has 1 aliphatic rings. The van der Waals surface area contributed by atoms with Crippen LogP contribution < -0.4 is 16.1 Å². The normalized spacial score (nSPS) is 14.1. The minimum absolute atomic E-state index is 0.155. The number of anilines is 2. The fraction of sp³-hybridized carbons (Fsp3) is 0.0385. The highest BCUT2D eigenvalue weighted by Gasteiger charge is 2.23. The summed E-state index contributed by atoms with van der Waals surface area (Å²) >= 11 is 3.10. The Morgan fingerprint density at radius 3 is 2.26 bits per heavy atom. The van der Waals surface area contributed by atoms with E-state index in [1.54, 1.807) is 22.7 Å². The van der Waals surface area contributed by atoms with E-state index in [0.717, 1.165) is 50.6 Å². The number of aliphatic imine (C=N–C) groups is 1. The largest absolute Gasteiger partial charge is 0.362 e. The third-order valence-electron chi connectivity index (χ3n) is 6.10. The molecular weight excluding hydrogens is 471 g/mol. The lowest BCUT2D eigenvalue weighted by molar-refractivity contribution is 1.34. The molecule has 0 bridgehead atoms. The van der Waals surface area contributed by atoms with Crippen LogP contribution in [0.4, 0.5) is 17.1 Å². The van der Waals surface area contributed by atoms with Crippen molar-refractivity contribution >= 4 is 81.3 Å². The van der Waals surface area contributed by atoms with Gasteiger partial charge >= 0.3 is 0 Å². The number of aromatic amines is 1. The highest BCUT2D eigenvalue weighted by molar-refractivity contribution is 7.12. The van der Waals surface area contributed by atoms with Crippen molar-refractivity contribution in [1.82, 2.24) is 4.98 Å². The molecule has 9 heteroatoms. The maximum Gasteiger partial charge on any atom is 0.175 e. The van der Waals surface area contributed by atoms with E-state index in [9.17, 15) is 0 Å². The number of nitrogens with zero attached hydrogens (tertiary/aromatic N) is 1. The number of fused-ring (bicyclic) bond motifs is 2. The molecule has 0 saturated carbocycles. The van der Waals surface area contributed by atoms with Crippen LogP contribution in [0.15, 0.2) is 82.6 Å². The molecule has 6 nitrogen and oxygen atoms in total. The van der Waals surface area contributed by atoms with Gasteiger partial charge in [-0.1, -0.05) is 17.6 Å². The molecule has 6 rings (SSSR count). The van der Waals surface area contributed by atoms with Gasteiger partial charge in [0.15, 0.2) is 7.28 Å². The lowest BCUT2D eigenvalue weighted by Crippen LogP contribution is -2.21. The SMILES string of the molecule is N=C(Nc1ccc2c(c1)C(Bc1c[nH]c3ccc(NC(=N)c4cccs4)cc13)C=N2)c1cccs1. The van der Waals surface area contributed by atoms with Gasteiger partial charge in [-0.15, -0.1) is 22.7 Å². The molecule has 0 saturated heterocycles. The van der Waals surface area contributed by atoms with E-state index in [-0.39, 0.29) is 5.82 Å². The van der Waals surface area contributed by atoms with Gasteiger partial charge in [0.05, 0.1) is 15.4 Å². The zero-order valence-electron chi connectivity index (χ0n) is 18.6. The van der Waals surface area contributed by atoms with Gasteiger partial charge in [-0.05, 0) is 76.4 Å². The molecule has 0 aliphatic carbocycles. The number of rotatable bonds is 6. The topological polar surface area (TPSA) is 99.9 Å². The van der Waals surface area contributed by atoms with Gasteiger partial charge in [0, 0.05) is 28.9 Å². The van der Waals surface area contributed by atoms with Gasteiger partial charge in [-0.3, -0.25) is 15.8 Å². The summed E-state index contributed by atoms with van der Waals surface area (Å²) in [5.74, 6) is 0.962. The molecule has 0 radical (unpaired) electrons. The molecule has 170 valence electrons. The van der Waals surface area contributed by atoms with Crippen molar-refractivity contribution in [3.8, 4) is 0 Å². The summed E-state index contributed by atoms with van der Waals surface area (Å²) in [4.78, 5) is 9.85. The Morgan fingerprint density at radius 1 is 0.886 bits per heavy atom. The highest BCUT2D eigenvalue weighted by atomic mass is 32.1. The average Bonchev–Trinajstić information content (AvgIpc) is 3.67.